The summed E-state index contributed by atoms with van der Waals surface area (Å²) in [6.07, 6.45) is 1.09. The highest BCUT2D eigenvalue weighted by atomic mass is 79.9. The first-order chi connectivity index (χ1) is 9.56. The minimum atomic E-state index is 0.478. The zero-order valence-corrected chi connectivity index (χ0v) is 15.1. The van der Waals surface area contributed by atoms with Crippen LogP contribution in [-0.2, 0) is 11.3 Å². The van der Waals surface area contributed by atoms with E-state index in [9.17, 15) is 0 Å². The maximum Gasteiger partial charge on any atom is 0.147 e. The van der Waals surface area contributed by atoms with Crippen LogP contribution in [0.25, 0.3) is 0 Å². The van der Waals surface area contributed by atoms with Crippen LogP contribution in [0.4, 0.5) is 0 Å². The highest BCUT2D eigenvalue weighted by Gasteiger charge is 2.18. The Bertz CT molecular complexity index is 422. The van der Waals surface area contributed by atoms with Gasteiger partial charge in [0.15, 0.2) is 0 Å². The van der Waals surface area contributed by atoms with Crippen molar-refractivity contribution in [3.05, 3.63) is 26.6 Å². The standard InChI is InChI=1S/C15H21Br2NO2/c1-10(2)18-7-12-5-13(16)15(14(17)6-12)20-9-11-3-4-19-8-11/h5-6,10-11,18H,3-4,7-9H2,1-2H3. The average molecular weight is 407 g/mol. The minimum absolute atomic E-state index is 0.478. The SMILES string of the molecule is CC(C)NCc1cc(Br)c(OCC2CCOC2)c(Br)c1. The molecule has 1 aromatic carbocycles. The van der Waals surface area contributed by atoms with Crippen LogP contribution in [0.5, 0.6) is 5.75 Å². The summed E-state index contributed by atoms with van der Waals surface area (Å²) in [6, 6.07) is 4.70. The fourth-order valence-corrected chi connectivity index (χ4v) is 3.60. The molecule has 1 aliphatic rings. The molecule has 3 nitrogen and oxygen atoms in total. The second kappa shape index (κ2) is 7.78. The molecule has 0 spiro atoms. The summed E-state index contributed by atoms with van der Waals surface area (Å²) in [5.74, 6) is 1.39. The lowest BCUT2D eigenvalue weighted by atomic mass is 10.1. The summed E-state index contributed by atoms with van der Waals surface area (Å²) in [4.78, 5) is 0. The van der Waals surface area contributed by atoms with Crippen molar-refractivity contribution in [2.24, 2.45) is 5.92 Å². The van der Waals surface area contributed by atoms with Gasteiger partial charge in [0.2, 0.25) is 0 Å². The number of hydrogen-bond acceptors (Lipinski definition) is 3. The van der Waals surface area contributed by atoms with Crippen molar-refractivity contribution in [1.29, 1.82) is 0 Å². The van der Waals surface area contributed by atoms with E-state index in [1.165, 1.54) is 5.56 Å². The molecule has 5 heteroatoms. The number of benzene rings is 1. The Hall–Kier alpha value is -0.100. The quantitative estimate of drug-likeness (QED) is 0.770. The Labute approximate surface area is 137 Å². The first-order valence-corrected chi connectivity index (χ1v) is 8.56. The van der Waals surface area contributed by atoms with Crippen LogP contribution >= 0.6 is 31.9 Å². The van der Waals surface area contributed by atoms with E-state index >= 15 is 0 Å². The fraction of sp³-hybridized carbons (Fsp3) is 0.600. The lowest BCUT2D eigenvalue weighted by molar-refractivity contribution is 0.166. The molecule has 0 aliphatic carbocycles. The van der Waals surface area contributed by atoms with Gasteiger partial charge < -0.3 is 14.8 Å². The zero-order valence-electron chi connectivity index (χ0n) is 11.9. The van der Waals surface area contributed by atoms with Crippen LogP contribution in [0.2, 0.25) is 0 Å². The van der Waals surface area contributed by atoms with Crippen molar-refractivity contribution in [2.75, 3.05) is 19.8 Å². The molecule has 1 fully saturated rings. The van der Waals surface area contributed by atoms with E-state index in [-0.39, 0.29) is 0 Å². The second-order valence-electron chi connectivity index (χ2n) is 5.46. The van der Waals surface area contributed by atoms with E-state index in [1.54, 1.807) is 0 Å². The third-order valence-electron chi connectivity index (χ3n) is 3.26. The molecule has 0 aromatic heterocycles. The Morgan fingerprint density at radius 2 is 2.05 bits per heavy atom. The minimum Gasteiger partial charge on any atom is -0.491 e. The van der Waals surface area contributed by atoms with Crippen molar-refractivity contribution < 1.29 is 9.47 Å². The van der Waals surface area contributed by atoms with Gasteiger partial charge in [-0.15, -0.1) is 0 Å². The molecule has 112 valence electrons. The average Bonchev–Trinajstić information content (AvgIpc) is 2.88. The van der Waals surface area contributed by atoms with E-state index in [4.69, 9.17) is 9.47 Å². The molecule has 2 rings (SSSR count). The molecule has 1 atom stereocenters. The molecule has 0 amide bonds. The smallest absolute Gasteiger partial charge is 0.147 e. The van der Waals surface area contributed by atoms with Gasteiger partial charge in [-0.1, -0.05) is 13.8 Å². The van der Waals surface area contributed by atoms with Gasteiger partial charge in [0, 0.05) is 25.1 Å². The molecule has 1 aliphatic heterocycles. The van der Waals surface area contributed by atoms with E-state index in [0.29, 0.717) is 18.6 Å². The molecular formula is C15H21Br2NO2. The number of rotatable bonds is 6. The molecule has 0 bridgehead atoms. The van der Waals surface area contributed by atoms with Crippen LogP contribution in [0.1, 0.15) is 25.8 Å². The predicted octanol–water partition coefficient (Wildman–Crippen LogP) is 4.12. The topological polar surface area (TPSA) is 30.5 Å². The van der Waals surface area contributed by atoms with Crippen LogP contribution in [0, 0.1) is 5.92 Å². The van der Waals surface area contributed by atoms with Gasteiger partial charge in [0.1, 0.15) is 5.75 Å². The number of ether oxygens (including phenoxy) is 2. The highest BCUT2D eigenvalue weighted by Crippen LogP contribution is 2.35. The van der Waals surface area contributed by atoms with Gasteiger partial charge >= 0.3 is 0 Å². The van der Waals surface area contributed by atoms with Gasteiger partial charge in [-0.25, -0.2) is 0 Å². The third-order valence-corrected chi connectivity index (χ3v) is 4.44. The van der Waals surface area contributed by atoms with Crippen LogP contribution in [-0.4, -0.2) is 25.9 Å². The van der Waals surface area contributed by atoms with E-state index in [2.05, 4.69) is 63.2 Å². The van der Waals surface area contributed by atoms with Gasteiger partial charge in [0.25, 0.3) is 0 Å². The Morgan fingerprint density at radius 1 is 1.35 bits per heavy atom. The van der Waals surface area contributed by atoms with Crippen LogP contribution in [0.3, 0.4) is 0 Å². The summed E-state index contributed by atoms with van der Waals surface area (Å²) in [5.41, 5.74) is 1.23. The second-order valence-corrected chi connectivity index (χ2v) is 7.17. The Balaban J connectivity index is 1.98. The van der Waals surface area contributed by atoms with Crippen molar-refractivity contribution in [3.63, 3.8) is 0 Å². The third kappa shape index (κ3) is 4.72. The summed E-state index contributed by atoms with van der Waals surface area (Å²) < 4.78 is 13.3. The van der Waals surface area contributed by atoms with Gasteiger partial charge in [0.05, 0.1) is 22.2 Å². The fourth-order valence-electron chi connectivity index (χ4n) is 2.09. The normalized spacial score (nSPS) is 18.8. The lowest BCUT2D eigenvalue weighted by Gasteiger charge is -2.15. The van der Waals surface area contributed by atoms with E-state index in [0.717, 1.165) is 40.9 Å². The predicted molar refractivity (Wildman–Crippen MR) is 88.2 cm³/mol. The van der Waals surface area contributed by atoms with E-state index in [1.807, 2.05) is 0 Å². The van der Waals surface area contributed by atoms with Crippen molar-refractivity contribution >= 4 is 31.9 Å². The molecule has 1 unspecified atom stereocenters. The molecule has 1 aromatic rings. The molecule has 1 heterocycles. The molecule has 1 saturated heterocycles. The number of halogens is 2. The maximum absolute atomic E-state index is 5.94. The van der Waals surface area contributed by atoms with Crippen LogP contribution < -0.4 is 10.1 Å². The summed E-state index contributed by atoms with van der Waals surface area (Å²) in [6.45, 7) is 7.52. The Kier molecular flexibility index (Phi) is 6.33. The van der Waals surface area contributed by atoms with Gasteiger partial charge in [-0.2, -0.15) is 0 Å². The molecule has 0 saturated carbocycles. The van der Waals surface area contributed by atoms with Gasteiger partial charge in [-0.3, -0.25) is 0 Å². The number of nitrogens with one attached hydrogen (secondary N) is 1. The van der Waals surface area contributed by atoms with Crippen molar-refractivity contribution in [2.45, 2.75) is 32.9 Å². The Morgan fingerprint density at radius 3 is 2.60 bits per heavy atom. The highest BCUT2D eigenvalue weighted by molar-refractivity contribution is 9.11. The molecule has 1 N–H and O–H groups in total. The molecule has 20 heavy (non-hydrogen) atoms. The lowest BCUT2D eigenvalue weighted by Crippen LogP contribution is -2.21. The first kappa shape index (κ1) is 16.3. The van der Waals surface area contributed by atoms with Crippen molar-refractivity contribution in [1.82, 2.24) is 5.32 Å². The molecular weight excluding hydrogens is 386 g/mol. The number of hydrogen-bond donors (Lipinski definition) is 1. The van der Waals surface area contributed by atoms with E-state index < -0.39 is 0 Å². The largest absolute Gasteiger partial charge is 0.491 e. The monoisotopic (exact) mass is 405 g/mol. The van der Waals surface area contributed by atoms with Crippen LogP contribution in [0.15, 0.2) is 21.1 Å². The van der Waals surface area contributed by atoms with Crippen molar-refractivity contribution in [3.8, 4) is 5.75 Å². The summed E-state index contributed by atoms with van der Waals surface area (Å²) >= 11 is 7.20. The summed E-state index contributed by atoms with van der Waals surface area (Å²) in [7, 11) is 0. The van der Waals surface area contributed by atoms with Gasteiger partial charge in [-0.05, 0) is 56.0 Å². The summed E-state index contributed by atoms with van der Waals surface area (Å²) in [5, 5.41) is 3.41. The first-order valence-electron chi connectivity index (χ1n) is 6.98. The maximum atomic E-state index is 5.94. The zero-order chi connectivity index (χ0) is 14.5. The molecule has 0 radical (unpaired) electrons.